The standard InChI is InChI=1S/C16H26N2O3/c1-12(2)9-10-17-16(20)18(3)11-15(19)13-5-7-14(21-4)8-6-13/h5-8,12,15,19H,9-11H2,1-4H3,(H,17,20). The van der Waals surface area contributed by atoms with Gasteiger partial charge in [-0.25, -0.2) is 4.79 Å². The van der Waals surface area contributed by atoms with Crippen molar-refractivity contribution in [2.24, 2.45) is 5.92 Å². The van der Waals surface area contributed by atoms with Gasteiger partial charge in [-0.1, -0.05) is 26.0 Å². The molecule has 5 heteroatoms. The molecule has 1 rings (SSSR count). The van der Waals surface area contributed by atoms with E-state index in [-0.39, 0.29) is 12.6 Å². The van der Waals surface area contributed by atoms with Crippen LogP contribution in [0.1, 0.15) is 31.9 Å². The highest BCUT2D eigenvalue weighted by molar-refractivity contribution is 5.73. The number of hydrogen-bond acceptors (Lipinski definition) is 3. The molecule has 0 spiro atoms. The van der Waals surface area contributed by atoms with Gasteiger partial charge < -0.3 is 20.1 Å². The molecule has 0 bridgehead atoms. The summed E-state index contributed by atoms with van der Waals surface area (Å²) in [7, 11) is 3.28. The van der Waals surface area contributed by atoms with Crippen LogP contribution in [0, 0.1) is 5.92 Å². The number of benzene rings is 1. The van der Waals surface area contributed by atoms with Crippen molar-refractivity contribution in [1.29, 1.82) is 0 Å². The lowest BCUT2D eigenvalue weighted by Crippen LogP contribution is -2.40. The summed E-state index contributed by atoms with van der Waals surface area (Å²) in [6.07, 6.45) is 0.234. The quantitative estimate of drug-likeness (QED) is 0.812. The smallest absolute Gasteiger partial charge is 0.317 e. The van der Waals surface area contributed by atoms with Crippen LogP contribution in [0.25, 0.3) is 0 Å². The van der Waals surface area contributed by atoms with Crippen molar-refractivity contribution in [2.75, 3.05) is 27.2 Å². The molecule has 2 N–H and O–H groups in total. The average molecular weight is 294 g/mol. The number of aliphatic hydroxyl groups is 1. The topological polar surface area (TPSA) is 61.8 Å². The van der Waals surface area contributed by atoms with Gasteiger partial charge in [-0.3, -0.25) is 0 Å². The number of carbonyl (C=O) groups excluding carboxylic acids is 1. The zero-order valence-electron chi connectivity index (χ0n) is 13.3. The molecular formula is C16H26N2O3. The first-order chi connectivity index (χ1) is 9.93. The fourth-order valence-corrected chi connectivity index (χ4v) is 1.88. The molecule has 1 aromatic rings. The fourth-order valence-electron chi connectivity index (χ4n) is 1.88. The minimum absolute atomic E-state index is 0.164. The molecule has 0 saturated carbocycles. The van der Waals surface area contributed by atoms with E-state index >= 15 is 0 Å². The molecule has 0 saturated heterocycles. The Morgan fingerprint density at radius 2 is 1.95 bits per heavy atom. The number of hydrogen-bond donors (Lipinski definition) is 2. The van der Waals surface area contributed by atoms with Crippen molar-refractivity contribution in [3.8, 4) is 5.75 Å². The predicted octanol–water partition coefficient (Wildman–Crippen LogP) is 2.42. The highest BCUT2D eigenvalue weighted by Crippen LogP contribution is 2.18. The molecule has 2 amide bonds. The highest BCUT2D eigenvalue weighted by Gasteiger charge is 2.15. The normalized spacial score (nSPS) is 12.1. The van der Waals surface area contributed by atoms with E-state index in [9.17, 15) is 9.90 Å². The number of rotatable bonds is 7. The summed E-state index contributed by atoms with van der Waals surface area (Å²) in [5.41, 5.74) is 0.762. The minimum Gasteiger partial charge on any atom is -0.497 e. The monoisotopic (exact) mass is 294 g/mol. The van der Waals surface area contributed by atoms with Crippen molar-refractivity contribution in [3.63, 3.8) is 0 Å². The van der Waals surface area contributed by atoms with Crippen LogP contribution >= 0.6 is 0 Å². The van der Waals surface area contributed by atoms with Crippen LogP contribution in [-0.4, -0.2) is 43.3 Å². The summed E-state index contributed by atoms with van der Waals surface area (Å²) in [4.78, 5) is 13.4. The van der Waals surface area contributed by atoms with E-state index in [1.165, 1.54) is 4.90 Å². The van der Waals surface area contributed by atoms with Gasteiger partial charge in [-0.05, 0) is 30.0 Å². The number of urea groups is 1. The van der Waals surface area contributed by atoms with E-state index in [4.69, 9.17) is 4.74 Å². The fraction of sp³-hybridized carbons (Fsp3) is 0.562. The van der Waals surface area contributed by atoms with E-state index < -0.39 is 6.10 Å². The number of amides is 2. The Bertz CT molecular complexity index is 432. The van der Waals surface area contributed by atoms with Gasteiger partial charge in [-0.15, -0.1) is 0 Å². The second-order valence-corrected chi connectivity index (χ2v) is 5.58. The molecule has 21 heavy (non-hydrogen) atoms. The van der Waals surface area contributed by atoms with Gasteiger partial charge >= 0.3 is 6.03 Å². The predicted molar refractivity (Wildman–Crippen MR) is 83.4 cm³/mol. The molecule has 0 aliphatic heterocycles. The largest absolute Gasteiger partial charge is 0.497 e. The third kappa shape index (κ3) is 6.04. The van der Waals surface area contributed by atoms with E-state index in [2.05, 4.69) is 19.2 Å². The maximum atomic E-state index is 11.9. The first-order valence-electron chi connectivity index (χ1n) is 7.25. The second kappa shape index (κ2) is 8.52. The highest BCUT2D eigenvalue weighted by atomic mass is 16.5. The van der Waals surface area contributed by atoms with E-state index in [0.29, 0.717) is 12.5 Å². The Balaban J connectivity index is 2.44. The SMILES string of the molecule is COc1ccc(C(O)CN(C)C(=O)NCCC(C)C)cc1. The number of carbonyl (C=O) groups is 1. The summed E-state index contributed by atoms with van der Waals surface area (Å²) < 4.78 is 5.08. The Labute approximate surface area is 126 Å². The zero-order chi connectivity index (χ0) is 15.8. The lowest BCUT2D eigenvalue weighted by atomic mass is 10.1. The van der Waals surface area contributed by atoms with Crippen LogP contribution in [0.5, 0.6) is 5.75 Å². The van der Waals surface area contributed by atoms with Gasteiger partial charge in [-0.2, -0.15) is 0 Å². The van der Waals surface area contributed by atoms with E-state index in [1.54, 1.807) is 38.4 Å². The van der Waals surface area contributed by atoms with Crippen LogP contribution in [-0.2, 0) is 0 Å². The van der Waals surface area contributed by atoms with Gasteiger partial charge in [0.25, 0.3) is 0 Å². The van der Waals surface area contributed by atoms with Crippen LogP contribution < -0.4 is 10.1 Å². The number of nitrogens with one attached hydrogen (secondary N) is 1. The van der Waals surface area contributed by atoms with Crippen LogP contribution in [0.4, 0.5) is 4.79 Å². The lowest BCUT2D eigenvalue weighted by Gasteiger charge is -2.22. The molecule has 0 aliphatic carbocycles. The molecule has 1 unspecified atom stereocenters. The molecule has 5 nitrogen and oxygen atoms in total. The Kier molecular flexibility index (Phi) is 7.02. The van der Waals surface area contributed by atoms with Crippen LogP contribution in [0.15, 0.2) is 24.3 Å². The zero-order valence-corrected chi connectivity index (χ0v) is 13.3. The summed E-state index contributed by atoms with van der Waals surface area (Å²) in [6.45, 7) is 5.13. The molecule has 118 valence electrons. The number of nitrogens with zero attached hydrogens (tertiary/aromatic N) is 1. The number of ether oxygens (including phenoxy) is 1. The van der Waals surface area contributed by atoms with Gasteiger partial charge in [0.15, 0.2) is 0 Å². The summed E-state index contributed by atoms with van der Waals surface area (Å²) in [5.74, 6) is 1.30. The van der Waals surface area contributed by atoms with Crippen molar-refractivity contribution in [1.82, 2.24) is 10.2 Å². The first kappa shape index (κ1) is 17.3. The first-order valence-corrected chi connectivity index (χ1v) is 7.25. The second-order valence-electron chi connectivity index (χ2n) is 5.58. The minimum atomic E-state index is -0.711. The number of methoxy groups -OCH3 is 1. The maximum Gasteiger partial charge on any atom is 0.317 e. The Morgan fingerprint density at radius 3 is 2.48 bits per heavy atom. The molecule has 0 radical (unpaired) electrons. The molecule has 0 aromatic heterocycles. The van der Waals surface area contributed by atoms with Crippen molar-refractivity contribution >= 4 is 6.03 Å². The van der Waals surface area contributed by atoms with Crippen molar-refractivity contribution in [2.45, 2.75) is 26.4 Å². The van der Waals surface area contributed by atoms with Crippen LogP contribution in [0.2, 0.25) is 0 Å². The molecule has 0 fully saturated rings. The summed E-state index contributed by atoms with van der Waals surface area (Å²) in [5, 5.41) is 13.0. The van der Waals surface area contributed by atoms with Gasteiger partial charge in [0.2, 0.25) is 0 Å². The van der Waals surface area contributed by atoms with Crippen LogP contribution in [0.3, 0.4) is 0 Å². The van der Waals surface area contributed by atoms with E-state index in [1.807, 2.05) is 0 Å². The molecule has 0 heterocycles. The van der Waals surface area contributed by atoms with Gasteiger partial charge in [0, 0.05) is 13.6 Å². The van der Waals surface area contributed by atoms with Crippen molar-refractivity contribution < 1.29 is 14.6 Å². The third-order valence-electron chi connectivity index (χ3n) is 3.29. The Hall–Kier alpha value is -1.75. The summed E-state index contributed by atoms with van der Waals surface area (Å²) >= 11 is 0. The molecule has 1 atom stereocenters. The Morgan fingerprint density at radius 1 is 1.33 bits per heavy atom. The summed E-state index contributed by atoms with van der Waals surface area (Å²) in [6, 6.07) is 7.02. The average Bonchev–Trinajstić information content (AvgIpc) is 2.46. The van der Waals surface area contributed by atoms with Gasteiger partial charge in [0.1, 0.15) is 5.75 Å². The van der Waals surface area contributed by atoms with Crippen molar-refractivity contribution in [3.05, 3.63) is 29.8 Å². The molecule has 1 aromatic carbocycles. The number of aliphatic hydroxyl groups excluding tert-OH is 1. The van der Waals surface area contributed by atoms with Gasteiger partial charge in [0.05, 0.1) is 19.8 Å². The van der Waals surface area contributed by atoms with E-state index in [0.717, 1.165) is 17.7 Å². The third-order valence-corrected chi connectivity index (χ3v) is 3.29. The molecule has 0 aliphatic rings. The maximum absolute atomic E-state index is 11.9. The number of likely N-dealkylation sites (N-methyl/N-ethyl adjacent to an activating group) is 1. The molecular weight excluding hydrogens is 268 g/mol. The lowest BCUT2D eigenvalue weighted by molar-refractivity contribution is 0.131.